The quantitative estimate of drug-likeness (QED) is 0.364. The Kier molecular flexibility index (Phi) is 6.06. The number of anilines is 1. The summed E-state index contributed by atoms with van der Waals surface area (Å²) in [5.41, 5.74) is 1.75. The van der Waals surface area contributed by atoms with Gasteiger partial charge in [-0.25, -0.2) is 9.37 Å². The molecule has 4 aromatic rings. The van der Waals surface area contributed by atoms with E-state index in [9.17, 15) is 22.8 Å². The summed E-state index contributed by atoms with van der Waals surface area (Å²) >= 11 is 0. The SMILES string of the molecule is O=C(C1COC1)N1CC(C(=O)N(Cc2cn3ccc(-c4nnc(C(F)F)o4)cc3n2)c2cccc(F)c2)C1. The number of halogens is 3. The zero-order chi connectivity index (χ0) is 26.4. The Bertz CT molecular complexity index is 1510. The van der Waals surface area contributed by atoms with Crippen LogP contribution in [0.25, 0.3) is 17.1 Å². The van der Waals surface area contributed by atoms with Crippen LogP contribution in [-0.4, -0.2) is 62.6 Å². The number of benzene rings is 1. The van der Waals surface area contributed by atoms with Crippen LogP contribution in [0.15, 0.2) is 53.2 Å². The summed E-state index contributed by atoms with van der Waals surface area (Å²) in [5, 5.41) is 7.00. The Morgan fingerprint density at radius 3 is 2.61 bits per heavy atom. The predicted octanol–water partition coefficient (Wildman–Crippen LogP) is 3.10. The van der Waals surface area contributed by atoms with E-state index in [0.717, 1.165) is 0 Å². The number of alkyl halides is 2. The average molecular weight is 526 g/mol. The number of pyridine rings is 1. The fourth-order valence-corrected chi connectivity index (χ4v) is 4.46. The third kappa shape index (κ3) is 4.49. The fourth-order valence-electron chi connectivity index (χ4n) is 4.46. The molecule has 0 aliphatic carbocycles. The molecule has 0 unspecified atom stereocenters. The van der Waals surface area contributed by atoms with Crippen molar-refractivity contribution in [1.29, 1.82) is 0 Å². The van der Waals surface area contributed by atoms with E-state index in [1.54, 1.807) is 39.9 Å². The van der Waals surface area contributed by atoms with E-state index in [4.69, 9.17) is 9.15 Å². The standard InChI is InChI=1S/C25H21F3N6O4/c26-17-2-1-3-19(7-17)34(25(36)15-8-33(9-15)24(35)16-12-37-13-16)11-18-10-32-5-4-14(6-20(32)29-18)22-30-31-23(38-22)21(27)28/h1-7,10,15-16,21H,8-9,11-13H2. The first-order chi connectivity index (χ1) is 18.4. The normalized spacial score (nSPS) is 16.1. The van der Waals surface area contributed by atoms with Crippen LogP contribution in [0.3, 0.4) is 0 Å². The Hall–Kier alpha value is -4.26. The van der Waals surface area contributed by atoms with Crippen molar-refractivity contribution in [3.63, 3.8) is 0 Å². The summed E-state index contributed by atoms with van der Waals surface area (Å²) in [6, 6.07) is 8.93. The Balaban J connectivity index is 1.23. The lowest BCUT2D eigenvalue weighted by Gasteiger charge is -2.43. The van der Waals surface area contributed by atoms with Crippen molar-refractivity contribution in [3.8, 4) is 11.5 Å². The van der Waals surface area contributed by atoms with Crippen LogP contribution >= 0.6 is 0 Å². The van der Waals surface area contributed by atoms with E-state index in [-0.39, 0.29) is 30.2 Å². The number of hydrogen-bond donors (Lipinski definition) is 0. The maximum atomic E-state index is 14.1. The molecule has 6 rings (SSSR count). The van der Waals surface area contributed by atoms with E-state index >= 15 is 0 Å². The van der Waals surface area contributed by atoms with Gasteiger partial charge in [0.05, 0.1) is 37.3 Å². The molecule has 2 fully saturated rings. The maximum Gasteiger partial charge on any atom is 0.314 e. The molecule has 0 N–H and O–H groups in total. The van der Waals surface area contributed by atoms with Gasteiger partial charge >= 0.3 is 6.43 Å². The Morgan fingerprint density at radius 1 is 1.11 bits per heavy atom. The van der Waals surface area contributed by atoms with Crippen molar-refractivity contribution >= 4 is 23.1 Å². The number of aromatic nitrogens is 4. The molecule has 10 nitrogen and oxygen atoms in total. The molecule has 0 saturated carbocycles. The van der Waals surface area contributed by atoms with E-state index < -0.39 is 24.1 Å². The molecule has 3 aromatic heterocycles. The molecule has 2 amide bonds. The summed E-state index contributed by atoms with van der Waals surface area (Å²) in [7, 11) is 0. The third-order valence-corrected chi connectivity index (χ3v) is 6.62. The number of rotatable bonds is 7. The monoisotopic (exact) mass is 526 g/mol. The molecular weight excluding hydrogens is 505 g/mol. The highest BCUT2D eigenvalue weighted by Crippen LogP contribution is 2.28. The van der Waals surface area contributed by atoms with E-state index in [2.05, 4.69) is 15.2 Å². The van der Waals surface area contributed by atoms with E-state index in [1.807, 2.05) is 0 Å². The lowest BCUT2D eigenvalue weighted by molar-refractivity contribution is -0.157. The number of fused-ring (bicyclic) bond motifs is 1. The second-order valence-electron chi connectivity index (χ2n) is 9.24. The zero-order valence-electron chi connectivity index (χ0n) is 19.8. The number of ether oxygens (including phenoxy) is 1. The molecule has 38 heavy (non-hydrogen) atoms. The number of nitrogens with zero attached hydrogens (tertiary/aromatic N) is 6. The smallest absolute Gasteiger partial charge is 0.314 e. The largest absolute Gasteiger partial charge is 0.415 e. The molecule has 2 aliphatic heterocycles. The topological polar surface area (TPSA) is 106 Å². The summed E-state index contributed by atoms with van der Waals surface area (Å²) < 4.78 is 51.5. The molecule has 13 heteroatoms. The number of likely N-dealkylation sites (tertiary alicyclic amines) is 1. The van der Waals surface area contributed by atoms with Crippen LogP contribution in [0.1, 0.15) is 18.0 Å². The minimum Gasteiger partial charge on any atom is -0.415 e. The molecule has 0 spiro atoms. The first-order valence-corrected chi connectivity index (χ1v) is 11.9. The summed E-state index contributed by atoms with van der Waals surface area (Å²) in [6.07, 6.45) is 0.489. The van der Waals surface area contributed by atoms with E-state index in [0.29, 0.717) is 48.9 Å². The van der Waals surface area contributed by atoms with Crippen LogP contribution in [-0.2, 0) is 20.9 Å². The van der Waals surface area contributed by atoms with Crippen molar-refractivity contribution in [2.24, 2.45) is 11.8 Å². The van der Waals surface area contributed by atoms with Crippen LogP contribution in [0.2, 0.25) is 0 Å². The van der Waals surface area contributed by atoms with Crippen LogP contribution in [0, 0.1) is 17.7 Å². The summed E-state index contributed by atoms with van der Waals surface area (Å²) in [4.78, 5) is 33.6. The first kappa shape index (κ1) is 24.1. The van der Waals surface area contributed by atoms with Gasteiger partial charge in [0.2, 0.25) is 17.7 Å². The van der Waals surface area contributed by atoms with Crippen molar-refractivity contribution in [2.75, 3.05) is 31.2 Å². The Labute approximate surface area is 213 Å². The molecule has 0 bridgehead atoms. The highest BCUT2D eigenvalue weighted by molar-refractivity contribution is 5.97. The lowest BCUT2D eigenvalue weighted by atomic mass is 9.94. The molecule has 0 atom stereocenters. The van der Waals surface area contributed by atoms with Gasteiger partial charge < -0.3 is 23.4 Å². The number of carbonyl (C=O) groups excluding carboxylic acids is 2. The fraction of sp³-hybridized carbons (Fsp3) is 0.320. The van der Waals surface area contributed by atoms with Gasteiger partial charge in [0.1, 0.15) is 11.5 Å². The Morgan fingerprint density at radius 2 is 1.92 bits per heavy atom. The molecule has 2 saturated heterocycles. The minimum absolute atomic E-state index is 0.0179. The zero-order valence-corrected chi connectivity index (χ0v) is 19.8. The van der Waals surface area contributed by atoms with Gasteiger partial charge in [-0.15, -0.1) is 10.2 Å². The highest BCUT2D eigenvalue weighted by atomic mass is 19.3. The van der Waals surface area contributed by atoms with Gasteiger partial charge in [0.15, 0.2) is 0 Å². The van der Waals surface area contributed by atoms with Crippen LogP contribution in [0.4, 0.5) is 18.9 Å². The molecule has 5 heterocycles. The van der Waals surface area contributed by atoms with Crippen molar-refractivity contribution in [1.82, 2.24) is 24.5 Å². The molecular formula is C25H21F3N6O4. The van der Waals surface area contributed by atoms with Gasteiger partial charge in [-0.2, -0.15) is 8.78 Å². The second-order valence-corrected chi connectivity index (χ2v) is 9.24. The molecule has 0 radical (unpaired) electrons. The number of amides is 2. The van der Waals surface area contributed by atoms with Crippen LogP contribution < -0.4 is 4.90 Å². The highest BCUT2D eigenvalue weighted by Gasteiger charge is 2.42. The second kappa shape index (κ2) is 9.56. The third-order valence-electron chi connectivity index (χ3n) is 6.62. The number of hydrogen-bond acceptors (Lipinski definition) is 7. The predicted molar refractivity (Wildman–Crippen MR) is 125 cm³/mol. The van der Waals surface area contributed by atoms with Gasteiger partial charge in [0.25, 0.3) is 5.89 Å². The van der Waals surface area contributed by atoms with Gasteiger partial charge in [-0.05, 0) is 30.3 Å². The van der Waals surface area contributed by atoms with Gasteiger partial charge in [-0.3, -0.25) is 9.59 Å². The summed E-state index contributed by atoms with van der Waals surface area (Å²) in [5.74, 6) is -2.16. The maximum absolute atomic E-state index is 14.1. The van der Waals surface area contributed by atoms with Crippen molar-refractivity contribution < 1.29 is 31.9 Å². The minimum atomic E-state index is -2.88. The van der Waals surface area contributed by atoms with Gasteiger partial charge in [0, 0.05) is 36.7 Å². The number of carbonyl (C=O) groups is 2. The first-order valence-electron chi connectivity index (χ1n) is 11.9. The lowest BCUT2D eigenvalue weighted by Crippen LogP contribution is -2.59. The van der Waals surface area contributed by atoms with Gasteiger partial charge in [-0.1, -0.05) is 6.07 Å². The van der Waals surface area contributed by atoms with E-state index in [1.165, 1.54) is 23.1 Å². The molecule has 196 valence electrons. The number of imidazole rings is 1. The summed E-state index contributed by atoms with van der Waals surface area (Å²) in [6.45, 7) is 1.44. The van der Waals surface area contributed by atoms with Crippen LogP contribution in [0.5, 0.6) is 0 Å². The van der Waals surface area contributed by atoms with Crippen molar-refractivity contribution in [2.45, 2.75) is 13.0 Å². The molecule has 2 aliphatic rings. The average Bonchev–Trinajstić information content (AvgIpc) is 3.47. The van der Waals surface area contributed by atoms with Crippen molar-refractivity contribution in [3.05, 3.63) is 66.2 Å². The molecule has 1 aromatic carbocycles.